The first-order valence-corrected chi connectivity index (χ1v) is 45.2. The van der Waals surface area contributed by atoms with E-state index in [9.17, 15) is 0 Å². The molecule has 0 N–H and O–H groups in total. The summed E-state index contributed by atoms with van der Waals surface area (Å²) in [4.78, 5) is 5.35. The average molecular weight is 1530 g/mol. The van der Waals surface area contributed by atoms with E-state index in [1.165, 1.54) is 69.1 Å². The number of anilines is 5. The Morgan fingerprint density at radius 1 is 0.345 bits per heavy atom. The summed E-state index contributed by atoms with van der Waals surface area (Å²) in [5.41, 5.74) is 22.2. The number of nitrogens with zero attached hydrogens (tertiary/aromatic N) is 3. The van der Waals surface area contributed by atoms with Crippen molar-refractivity contribution < 1.29 is 0 Å². The van der Waals surface area contributed by atoms with Crippen molar-refractivity contribution >= 4 is 120 Å². The lowest BCUT2D eigenvalue weighted by Crippen LogP contribution is -2.75. The molecule has 2 heterocycles. The van der Waals surface area contributed by atoms with E-state index in [-0.39, 0.29) is 28.9 Å². The van der Waals surface area contributed by atoms with E-state index in [0.29, 0.717) is 0 Å². The number of benzene rings is 16. The summed E-state index contributed by atoms with van der Waals surface area (Å²) in [6.07, 6.45) is 2.16. The lowest BCUT2D eigenvalue weighted by Gasteiger charge is -2.48. The van der Waals surface area contributed by atoms with Gasteiger partial charge in [0.05, 0.1) is 28.1 Å². The first-order valence-electron chi connectivity index (χ1n) is 41.1. The second kappa shape index (κ2) is 30.8. The van der Waals surface area contributed by atoms with Crippen LogP contribution in [0.1, 0.15) is 66.5 Å². The lowest BCUT2D eigenvalue weighted by molar-refractivity contribution is 0.590. The zero-order chi connectivity index (χ0) is 79.3. The molecule has 562 valence electrons. The van der Waals surface area contributed by atoms with Crippen molar-refractivity contribution in [1.29, 1.82) is 0 Å². The second-order valence-electron chi connectivity index (χ2n) is 33.6. The Morgan fingerprint density at radius 2 is 0.681 bits per heavy atom. The summed E-state index contributed by atoms with van der Waals surface area (Å²) in [5, 5.41) is 11.7. The Labute approximate surface area is 688 Å². The maximum Gasteiger partial charge on any atom is 0.220 e. The summed E-state index contributed by atoms with van der Waals surface area (Å²) >= 11 is 0. The smallest absolute Gasteiger partial charge is 0.220 e. The molecular weight excluding hydrogens is 1430 g/mol. The van der Waals surface area contributed by atoms with Gasteiger partial charge in [-0.05, 0) is 146 Å². The summed E-state index contributed by atoms with van der Waals surface area (Å²) in [6.45, 7) is 24.3. The molecule has 18 rings (SSSR count). The van der Waals surface area contributed by atoms with Gasteiger partial charge < -0.3 is 14.4 Å². The van der Waals surface area contributed by atoms with Crippen LogP contribution in [-0.2, 0) is 10.8 Å². The van der Waals surface area contributed by atoms with Crippen LogP contribution in [0.15, 0.2) is 419 Å². The van der Waals surface area contributed by atoms with Gasteiger partial charge in [0.1, 0.15) is 0 Å². The molecule has 2 atom stereocenters. The molecule has 0 radical (unpaired) electrons. The number of hydrogen-bond acceptors (Lipinski definition) is 2. The third-order valence-corrected chi connectivity index (χ3v) is 35.5. The number of para-hydroxylation sites is 2. The molecule has 0 amide bonds. The van der Waals surface area contributed by atoms with Crippen LogP contribution >= 0.6 is 0 Å². The molecule has 0 saturated heterocycles. The van der Waals surface area contributed by atoms with E-state index in [1.807, 2.05) is 0 Å². The van der Waals surface area contributed by atoms with Gasteiger partial charge in [-0.15, -0.1) is 0 Å². The van der Waals surface area contributed by atoms with E-state index < -0.39 is 16.1 Å². The summed E-state index contributed by atoms with van der Waals surface area (Å²) in [5.74, 6) is -0.104. The highest BCUT2D eigenvalue weighted by molar-refractivity contribution is 7.20. The molecule has 0 aliphatic carbocycles. The number of fused-ring (bicyclic) bond motifs is 5. The molecular formula is C110H96BN3Si2. The molecule has 1 aliphatic heterocycles. The molecule has 0 fully saturated rings. The van der Waals surface area contributed by atoms with E-state index in [4.69, 9.17) is 6.58 Å². The van der Waals surface area contributed by atoms with Gasteiger partial charge in [-0.1, -0.05) is 425 Å². The zero-order valence-corrected chi connectivity index (χ0v) is 69.5. The van der Waals surface area contributed by atoms with Crippen molar-refractivity contribution in [2.75, 3.05) is 9.80 Å². The van der Waals surface area contributed by atoms with Gasteiger partial charge in [0.2, 0.25) is 6.71 Å². The third kappa shape index (κ3) is 12.9. The van der Waals surface area contributed by atoms with Crippen LogP contribution in [0.4, 0.5) is 28.4 Å². The Hall–Kier alpha value is -12.8. The Kier molecular flexibility index (Phi) is 19.8. The standard InChI is InChI=1S/C110H96BN3Si2/c1-10-112(107-96(80-45-21-11-22-46-80)71-84(109(4,5)6)72-97(107)81-47-23-12-24-48-81)104-75-86(113-101-67-43-41-65-94(101)95-66-42-44-68-102(95)113)76-105-106(104)111(78(2)79(3)115(87-53-29-15-30-54-87,88-55-31-16-32-56-88)89-57-33-17-34-58-89)100-70-69-93(116(90-59-35-18-36-60-90,91-61-37-19-38-62-91)92-63-39-20-40-64-92)77-103(100)114(105)108-98(82-49-25-13-26-50-82)73-85(110(7,8)9)74-99(108)83-51-27-14-28-52-83/h10-79H,1H2,2-9H3/t78-,79?/m1/s1. The highest BCUT2D eigenvalue weighted by atomic mass is 28.3. The summed E-state index contributed by atoms with van der Waals surface area (Å²) in [6, 6.07) is 156. The molecule has 1 aliphatic rings. The lowest BCUT2D eigenvalue weighted by atomic mass is 9.31. The van der Waals surface area contributed by atoms with E-state index >= 15 is 0 Å². The molecule has 116 heavy (non-hydrogen) atoms. The number of aromatic nitrogens is 1. The molecule has 6 heteroatoms. The molecule has 16 aromatic carbocycles. The van der Waals surface area contributed by atoms with Crippen molar-refractivity contribution in [3.8, 4) is 50.2 Å². The van der Waals surface area contributed by atoms with Gasteiger partial charge in [0, 0.05) is 56.3 Å². The van der Waals surface area contributed by atoms with Gasteiger partial charge in [-0.2, -0.15) is 0 Å². The maximum absolute atomic E-state index is 5.16. The van der Waals surface area contributed by atoms with Crippen LogP contribution in [0.25, 0.3) is 72.0 Å². The van der Waals surface area contributed by atoms with Crippen LogP contribution in [0.2, 0.25) is 11.4 Å². The minimum absolute atomic E-state index is 0.0109. The van der Waals surface area contributed by atoms with E-state index in [2.05, 4.69) is 482 Å². The Balaban J connectivity index is 1.09. The summed E-state index contributed by atoms with van der Waals surface area (Å²) < 4.78 is 2.56. The van der Waals surface area contributed by atoms with Gasteiger partial charge in [0.15, 0.2) is 16.1 Å². The van der Waals surface area contributed by atoms with Crippen molar-refractivity contribution in [3.05, 3.63) is 430 Å². The van der Waals surface area contributed by atoms with Gasteiger partial charge in [-0.25, -0.2) is 0 Å². The van der Waals surface area contributed by atoms with Crippen molar-refractivity contribution in [2.24, 2.45) is 0 Å². The van der Waals surface area contributed by atoms with Crippen LogP contribution in [-0.4, -0.2) is 27.4 Å². The third-order valence-electron chi connectivity index (χ3n) is 25.1. The van der Waals surface area contributed by atoms with Crippen molar-refractivity contribution in [3.63, 3.8) is 0 Å². The Morgan fingerprint density at radius 3 is 1.05 bits per heavy atom. The van der Waals surface area contributed by atoms with Crippen molar-refractivity contribution in [1.82, 2.24) is 4.57 Å². The highest BCUT2D eigenvalue weighted by Crippen LogP contribution is 2.54. The first kappa shape index (κ1) is 74.6. The zero-order valence-electron chi connectivity index (χ0n) is 67.5. The molecule has 0 saturated carbocycles. The van der Waals surface area contributed by atoms with Crippen molar-refractivity contribution in [2.45, 2.75) is 77.6 Å². The Bertz CT molecular complexity index is 6020. The monoisotopic (exact) mass is 1530 g/mol. The molecule has 3 nitrogen and oxygen atoms in total. The predicted molar refractivity (Wildman–Crippen MR) is 505 cm³/mol. The number of rotatable bonds is 19. The van der Waals surface area contributed by atoms with E-state index in [1.54, 1.807) is 0 Å². The van der Waals surface area contributed by atoms with Gasteiger partial charge >= 0.3 is 0 Å². The van der Waals surface area contributed by atoms with Crippen LogP contribution < -0.4 is 57.0 Å². The van der Waals surface area contributed by atoms with Gasteiger partial charge in [0.25, 0.3) is 0 Å². The molecule has 0 spiro atoms. The van der Waals surface area contributed by atoms with Crippen LogP contribution in [0.5, 0.6) is 0 Å². The highest BCUT2D eigenvalue weighted by Gasteiger charge is 2.53. The SMILES string of the molecule is C=CN(c1cc(-n2c3ccccc3c3ccccc32)cc2c1B([C@H](C)C(C)[Si](c1ccccc1)(c1ccccc1)c1ccccc1)c1ccc([Si](c3ccccc3)(c3ccccc3)c3ccccc3)cc1N2c1c(-c2ccccc2)cc(C(C)(C)C)cc1-c1ccccc1)c1c(-c2ccccc2)cc(C(C)(C)C)cc1-c1ccccc1. The predicted octanol–water partition coefficient (Wildman–Crippen LogP) is 23.0. The van der Waals surface area contributed by atoms with Gasteiger partial charge in [-0.3, -0.25) is 0 Å². The minimum Gasteiger partial charge on any atom is -0.317 e. The molecule has 1 unspecified atom stereocenters. The van der Waals surface area contributed by atoms with Crippen LogP contribution in [0.3, 0.4) is 0 Å². The largest absolute Gasteiger partial charge is 0.317 e. The number of hydrogen-bond donors (Lipinski definition) is 0. The maximum atomic E-state index is 5.16. The second-order valence-corrected chi connectivity index (χ2v) is 41.7. The fourth-order valence-electron chi connectivity index (χ4n) is 19.4. The molecule has 0 bridgehead atoms. The first-order chi connectivity index (χ1) is 56.7. The normalized spacial score (nSPS) is 12.9. The fourth-order valence-corrected chi connectivity index (χ4v) is 29.9. The fraction of sp³-hybridized carbons (Fsp3) is 0.109. The molecule has 1 aromatic heterocycles. The minimum atomic E-state index is -3.34. The molecule has 17 aromatic rings. The topological polar surface area (TPSA) is 11.4 Å². The summed E-state index contributed by atoms with van der Waals surface area (Å²) in [7, 11) is -6.55. The van der Waals surface area contributed by atoms with Crippen LogP contribution in [0, 0.1) is 0 Å². The average Bonchev–Trinajstić information content (AvgIpc) is 0.837. The quantitative estimate of drug-likeness (QED) is 0.0590. The van der Waals surface area contributed by atoms with E-state index in [0.717, 1.165) is 89.7 Å².